The standard InChI is InChI=1S/C30H46O4.C19H23ClN2.ClH/c1-25(2)21-8-11-30(7)23(28(21,5)10-9-22(25)32)20(31)16-18-19-17-27(4,24(33)34)13-12-26(19,3)14-15-29(18,30)6;1-21(2)12-5-13-22-18-7-4-3-6-15(18)8-9-16-10-11-17(20)14-19(16)22;/h16,19,21-23,32H,8-15,17H2,1-7H3,(H,33,34);3-4,6-7,10-11,14H,5,8-9,12-13H2,1-2H3;1H. The Morgan fingerprint density at radius 1 is 0.877 bits per heavy atom. The molecule has 4 saturated carbocycles. The van der Waals surface area contributed by atoms with Gasteiger partial charge in [0.25, 0.3) is 0 Å². The van der Waals surface area contributed by atoms with E-state index in [2.05, 4.69) is 102 Å². The monoisotopic (exact) mass is 820 g/mol. The molecule has 9 atom stereocenters. The smallest absolute Gasteiger partial charge is 0.309 e. The number of nitrogens with zero attached hydrogens (tertiary/aromatic N) is 2. The molecule has 0 amide bonds. The van der Waals surface area contributed by atoms with Crippen molar-refractivity contribution in [1.82, 2.24) is 4.90 Å². The summed E-state index contributed by atoms with van der Waals surface area (Å²) in [6, 6.07) is 15.1. The van der Waals surface area contributed by atoms with Crippen LogP contribution in [0.4, 0.5) is 11.4 Å². The van der Waals surface area contributed by atoms with Crippen LogP contribution in [-0.2, 0) is 22.4 Å². The number of aliphatic hydroxyl groups excluding tert-OH is 1. The molecule has 9 unspecified atom stereocenters. The largest absolute Gasteiger partial charge is 0.481 e. The Labute approximate surface area is 354 Å². The fourth-order valence-corrected chi connectivity index (χ4v) is 13.7. The maximum atomic E-state index is 14.2. The summed E-state index contributed by atoms with van der Waals surface area (Å²) in [5.41, 5.74) is 5.58. The van der Waals surface area contributed by atoms with Crippen molar-refractivity contribution in [3.8, 4) is 0 Å². The van der Waals surface area contributed by atoms with Crippen molar-refractivity contribution in [2.75, 3.05) is 32.1 Å². The molecule has 0 radical (unpaired) electrons. The number of ketones is 1. The molecule has 8 rings (SSSR count). The minimum atomic E-state index is -0.711. The van der Waals surface area contributed by atoms with Gasteiger partial charge in [-0.05, 0) is 179 Å². The number of hydrogen-bond donors (Lipinski definition) is 2. The van der Waals surface area contributed by atoms with Crippen LogP contribution in [0.5, 0.6) is 0 Å². The molecule has 0 aromatic heterocycles. The molecule has 2 N–H and O–H groups in total. The second-order valence-corrected chi connectivity index (χ2v) is 21.6. The van der Waals surface area contributed by atoms with Crippen LogP contribution in [0.25, 0.3) is 0 Å². The van der Waals surface area contributed by atoms with Gasteiger partial charge in [-0.3, -0.25) is 9.59 Å². The Morgan fingerprint density at radius 3 is 2.23 bits per heavy atom. The van der Waals surface area contributed by atoms with Gasteiger partial charge in [-0.2, -0.15) is 0 Å². The quantitative estimate of drug-likeness (QED) is 0.313. The van der Waals surface area contributed by atoms with Gasteiger partial charge in [0.1, 0.15) is 0 Å². The third-order valence-corrected chi connectivity index (χ3v) is 17.6. The number of rotatable bonds is 5. The summed E-state index contributed by atoms with van der Waals surface area (Å²) in [5.74, 6) is 0.0603. The zero-order chi connectivity index (χ0) is 40.6. The van der Waals surface area contributed by atoms with Crippen LogP contribution in [0.15, 0.2) is 54.1 Å². The van der Waals surface area contributed by atoms with E-state index in [0.717, 1.165) is 88.7 Å². The summed E-state index contributed by atoms with van der Waals surface area (Å²) in [6.07, 6.45) is 13.3. The summed E-state index contributed by atoms with van der Waals surface area (Å²) < 4.78 is 0. The van der Waals surface area contributed by atoms with Crippen LogP contribution in [0.1, 0.15) is 124 Å². The van der Waals surface area contributed by atoms with Crippen LogP contribution in [-0.4, -0.2) is 60.2 Å². The van der Waals surface area contributed by atoms with Crippen molar-refractivity contribution in [1.29, 1.82) is 0 Å². The van der Waals surface area contributed by atoms with Crippen molar-refractivity contribution in [3.05, 3.63) is 70.3 Å². The van der Waals surface area contributed by atoms with Gasteiger partial charge in [-0.15, -0.1) is 12.4 Å². The number of aliphatic carboxylic acids is 1. The van der Waals surface area contributed by atoms with Crippen molar-refractivity contribution in [2.45, 2.75) is 132 Å². The lowest BCUT2D eigenvalue weighted by Crippen LogP contribution is -2.66. The molecular weight excluding hydrogens is 751 g/mol. The van der Waals surface area contributed by atoms with E-state index >= 15 is 0 Å². The second-order valence-electron chi connectivity index (χ2n) is 21.1. The topological polar surface area (TPSA) is 81.1 Å². The predicted octanol–water partition coefficient (Wildman–Crippen LogP) is 11.4. The number of hydrogen-bond acceptors (Lipinski definition) is 5. The second kappa shape index (κ2) is 15.6. The Hall–Kier alpha value is -2.38. The van der Waals surface area contributed by atoms with Gasteiger partial charge in [-0.25, -0.2) is 0 Å². The van der Waals surface area contributed by atoms with Gasteiger partial charge in [0.05, 0.1) is 11.5 Å². The molecule has 1 aliphatic heterocycles. The number of carboxylic acids is 1. The molecule has 6 aliphatic rings. The molecule has 5 aliphatic carbocycles. The molecule has 1 heterocycles. The first-order valence-corrected chi connectivity index (χ1v) is 22.0. The van der Waals surface area contributed by atoms with Gasteiger partial charge < -0.3 is 20.0 Å². The van der Waals surface area contributed by atoms with E-state index in [9.17, 15) is 19.8 Å². The number of aliphatic hydroxyl groups is 1. The van der Waals surface area contributed by atoms with Crippen molar-refractivity contribution >= 4 is 47.1 Å². The fourth-order valence-electron chi connectivity index (χ4n) is 13.5. The third-order valence-electron chi connectivity index (χ3n) is 17.3. The lowest BCUT2D eigenvalue weighted by Gasteiger charge is -2.70. The van der Waals surface area contributed by atoms with E-state index in [4.69, 9.17) is 11.6 Å². The molecule has 8 heteroatoms. The number of allylic oxidation sites excluding steroid dienone is 2. The number of aryl methyl sites for hydroxylation is 2. The minimum absolute atomic E-state index is 0. The summed E-state index contributed by atoms with van der Waals surface area (Å²) >= 11 is 6.27. The number of carboxylic acid groups (broad SMARTS) is 1. The molecule has 2 aromatic carbocycles. The maximum Gasteiger partial charge on any atom is 0.309 e. The van der Waals surface area contributed by atoms with Crippen LogP contribution in [0, 0.1) is 50.2 Å². The lowest BCUT2D eigenvalue weighted by molar-refractivity contribution is -0.202. The van der Waals surface area contributed by atoms with Crippen molar-refractivity contribution < 1.29 is 19.8 Å². The van der Waals surface area contributed by atoms with Crippen LogP contribution in [0.2, 0.25) is 5.02 Å². The average molecular weight is 822 g/mol. The van der Waals surface area contributed by atoms with Gasteiger partial charge in [0.2, 0.25) is 0 Å². The number of carbonyl (C=O) groups is 2. The van der Waals surface area contributed by atoms with Gasteiger partial charge in [-0.1, -0.05) is 83.0 Å². The Morgan fingerprint density at radius 2 is 1.54 bits per heavy atom. The number of para-hydroxylation sites is 1. The van der Waals surface area contributed by atoms with E-state index in [1.807, 2.05) is 19.1 Å². The van der Waals surface area contributed by atoms with E-state index in [0.29, 0.717) is 12.3 Å². The lowest BCUT2D eigenvalue weighted by atomic mass is 9.33. The Balaban J connectivity index is 0.000000207. The number of halogens is 2. The molecule has 6 nitrogen and oxygen atoms in total. The average Bonchev–Trinajstić information content (AvgIpc) is 3.28. The molecule has 314 valence electrons. The normalized spacial score (nSPS) is 37.6. The number of benzene rings is 2. The Kier molecular flexibility index (Phi) is 12.1. The number of anilines is 2. The van der Waals surface area contributed by atoms with Crippen LogP contribution < -0.4 is 4.90 Å². The van der Waals surface area contributed by atoms with Crippen LogP contribution in [0.3, 0.4) is 0 Å². The fraction of sp³-hybridized carbons (Fsp3) is 0.673. The summed E-state index contributed by atoms with van der Waals surface area (Å²) in [7, 11) is 4.25. The molecule has 57 heavy (non-hydrogen) atoms. The first kappa shape index (κ1) is 44.2. The zero-order valence-corrected chi connectivity index (χ0v) is 37.8. The predicted molar refractivity (Wildman–Crippen MR) is 236 cm³/mol. The summed E-state index contributed by atoms with van der Waals surface area (Å²) in [5, 5.41) is 21.7. The number of fused-ring (bicyclic) bond motifs is 9. The molecule has 4 fully saturated rings. The highest BCUT2D eigenvalue weighted by molar-refractivity contribution is 6.30. The molecule has 0 spiro atoms. The van der Waals surface area contributed by atoms with Crippen LogP contribution >= 0.6 is 24.0 Å². The SMILES string of the molecule is CC1(C(=O)O)CCC2(C)CCC3(C)C(=CC(=O)C4C5(C)CCC(O)C(C)(C)C5CCC43C)C2C1.CN(C)CCCN1c2ccccc2CCc2ccc(Cl)cc21.Cl. The minimum Gasteiger partial charge on any atom is -0.481 e. The van der Waals surface area contributed by atoms with Crippen molar-refractivity contribution in [2.24, 2.45) is 50.2 Å². The molecule has 0 saturated heterocycles. The highest BCUT2D eigenvalue weighted by atomic mass is 35.5. The maximum absolute atomic E-state index is 14.2. The third kappa shape index (κ3) is 7.23. The van der Waals surface area contributed by atoms with Gasteiger partial charge in [0.15, 0.2) is 5.78 Å². The van der Waals surface area contributed by atoms with E-state index in [1.54, 1.807) is 0 Å². The Bertz CT molecular complexity index is 1890. The zero-order valence-electron chi connectivity index (χ0n) is 36.2. The highest BCUT2D eigenvalue weighted by Crippen LogP contribution is 2.75. The van der Waals surface area contributed by atoms with E-state index < -0.39 is 11.4 Å². The van der Waals surface area contributed by atoms with E-state index in [1.165, 1.54) is 28.1 Å². The summed E-state index contributed by atoms with van der Waals surface area (Å²) in [4.78, 5) is 31.1. The summed E-state index contributed by atoms with van der Waals surface area (Å²) in [6.45, 7) is 17.9. The number of carbonyl (C=O) groups excluding carboxylic acids is 1. The van der Waals surface area contributed by atoms with Crippen molar-refractivity contribution in [3.63, 3.8) is 0 Å². The van der Waals surface area contributed by atoms with Gasteiger partial charge in [0, 0.05) is 28.9 Å². The highest BCUT2D eigenvalue weighted by Gasteiger charge is 2.70. The first-order valence-electron chi connectivity index (χ1n) is 21.7. The van der Waals surface area contributed by atoms with E-state index in [-0.39, 0.29) is 63.2 Å². The molecular formula is C49H70Cl2N2O4. The molecule has 0 bridgehead atoms. The molecule has 2 aromatic rings. The van der Waals surface area contributed by atoms with Gasteiger partial charge >= 0.3 is 5.97 Å². The first-order chi connectivity index (χ1) is 26.2.